The van der Waals surface area contributed by atoms with Crippen molar-refractivity contribution in [3.05, 3.63) is 45.7 Å². The molecule has 1 aromatic heterocycles. The van der Waals surface area contributed by atoms with Gasteiger partial charge in [0, 0.05) is 18.7 Å². The van der Waals surface area contributed by atoms with Gasteiger partial charge in [0.05, 0.1) is 15.9 Å². The van der Waals surface area contributed by atoms with Crippen LogP contribution in [-0.2, 0) is 26.1 Å². The Kier molecular flexibility index (Phi) is 5.20. The lowest BCUT2D eigenvalue weighted by Gasteiger charge is -2.12. The maximum atomic E-state index is 5.96. The van der Waals surface area contributed by atoms with E-state index in [9.17, 15) is 0 Å². The molecule has 0 amide bonds. The Hall–Kier alpha value is -1.33. The van der Waals surface area contributed by atoms with E-state index in [1.54, 1.807) is 0 Å². The number of hydrogen-bond acceptors (Lipinski definition) is 3. The number of aryl methyl sites for hydroxylation is 2. The Balaban J connectivity index is 2.18. The van der Waals surface area contributed by atoms with Crippen LogP contribution in [0.5, 0.6) is 5.75 Å². The zero-order valence-electron chi connectivity index (χ0n) is 11.9. The van der Waals surface area contributed by atoms with E-state index in [1.165, 1.54) is 0 Å². The number of benzene rings is 1. The third-order valence-electron chi connectivity index (χ3n) is 3.21. The van der Waals surface area contributed by atoms with Gasteiger partial charge in [0.2, 0.25) is 0 Å². The lowest BCUT2D eigenvalue weighted by molar-refractivity contribution is 0.287. The molecule has 0 aliphatic rings. The molecule has 0 aliphatic carbocycles. The number of halogens is 1. The summed E-state index contributed by atoms with van der Waals surface area (Å²) in [5, 5.41) is 4.52. The number of nitrogens with two attached hydrogens (primary N) is 1. The van der Waals surface area contributed by atoms with E-state index in [0.29, 0.717) is 13.2 Å². The van der Waals surface area contributed by atoms with E-state index in [-0.39, 0.29) is 0 Å². The Morgan fingerprint density at radius 3 is 2.80 bits per heavy atom. The summed E-state index contributed by atoms with van der Waals surface area (Å²) < 4.78 is 8.87. The molecular formula is C15H20BrN3O. The first-order valence-corrected chi connectivity index (χ1v) is 7.64. The summed E-state index contributed by atoms with van der Waals surface area (Å²) in [6.07, 6.45) is 0.934. The molecule has 0 aliphatic heterocycles. The van der Waals surface area contributed by atoms with Crippen LogP contribution in [0.4, 0.5) is 0 Å². The van der Waals surface area contributed by atoms with E-state index >= 15 is 0 Å². The average Bonchev–Trinajstić information content (AvgIpc) is 2.88. The van der Waals surface area contributed by atoms with Gasteiger partial charge in [0.1, 0.15) is 12.4 Å². The van der Waals surface area contributed by atoms with Crippen LogP contribution in [0.15, 0.2) is 28.7 Å². The molecule has 2 N–H and O–H groups in total. The van der Waals surface area contributed by atoms with Gasteiger partial charge >= 0.3 is 0 Å². The first kappa shape index (κ1) is 15.1. The Morgan fingerprint density at radius 1 is 1.35 bits per heavy atom. The van der Waals surface area contributed by atoms with Crippen molar-refractivity contribution < 1.29 is 4.74 Å². The Labute approximate surface area is 128 Å². The predicted molar refractivity (Wildman–Crippen MR) is 83.6 cm³/mol. The number of nitrogens with zero attached hydrogens (tertiary/aromatic N) is 2. The van der Waals surface area contributed by atoms with Crippen LogP contribution >= 0.6 is 15.9 Å². The molecule has 0 fully saturated rings. The van der Waals surface area contributed by atoms with E-state index in [0.717, 1.165) is 40.1 Å². The first-order valence-electron chi connectivity index (χ1n) is 6.85. The summed E-state index contributed by atoms with van der Waals surface area (Å²) in [6.45, 7) is 5.99. The molecule has 0 bridgehead atoms. The molecule has 0 unspecified atom stereocenters. The van der Waals surface area contributed by atoms with Gasteiger partial charge in [-0.3, -0.25) is 4.68 Å². The molecule has 2 aromatic rings. The van der Waals surface area contributed by atoms with Gasteiger partial charge < -0.3 is 10.5 Å². The molecule has 0 spiro atoms. The maximum Gasteiger partial charge on any atom is 0.138 e. The monoisotopic (exact) mass is 337 g/mol. The molecule has 1 heterocycles. The van der Waals surface area contributed by atoms with Crippen molar-refractivity contribution in [2.24, 2.45) is 5.73 Å². The molecular weight excluding hydrogens is 318 g/mol. The molecule has 2 rings (SSSR count). The van der Waals surface area contributed by atoms with Crippen LogP contribution in [0.1, 0.15) is 30.8 Å². The summed E-state index contributed by atoms with van der Waals surface area (Å²) >= 11 is 3.51. The molecule has 108 valence electrons. The van der Waals surface area contributed by atoms with E-state index < -0.39 is 0 Å². The highest BCUT2D eigenvalue weighted by Gasteiger charge is 2.10. The van der Waals surface area contributed by atoms with Crippen molar-refractivity contribution in [1.29, 1.82) is 0 Å². The molecule has 1 aromatic carbocycles. The summed E-state index contributed by atoms with van der Waals surface area (Å²) in [5.41, 5.74) is 8.93. The van der Waals surface area contributed by atoms with Crippen LogP contribution < -0.4 is 10.5 Å². The molecule has 20 heavy (non-hydrogen) atoms. The zero-order chi connectivity index (χ0) is 14.5. The number of aromatic nitrogens is 2. The smallest absolute Gasteiger partial charge is 0.138 e. The zero-order valence-corrected chi connectivity index (χ0v) is 13.5. The lowest BCUT2D eigenvalue weighted by Crippen LogP contribution is -2.08. The minimum atomic E-state index is 0.460. The van der Waals surface area contributed by atoms with Gasteiger partial charge in [-0.25, -0.2) is 0 Å². The van der Waals surface area contributed by atoms with Gasteiger partial charge in [-0.1, -0.05) is 19.1 Å². The summed E-state index contributed by atoms with van der Waals surface area (Å²) in [6, 6.07) is 8.00. The summed E-state index contributed by atoms with van der Waals surface area (Å²) in [5.74, 6) is 0.817. The Bertz CT molecular complexity index is 580. The van der Waals surface area contributed by atoms with Gasteiger partial charge in [0.15, 0.2) is 0 Å². The molecule has 0 radical (unpaired) electrons. The number of ether oxygens (including phenoxy) is 1. The SMILES string of the molecule is CCc1cc(COc2c(Br)cccc2CN)n(CC)n1. The Morgan fingerprint density at radius 2 is 2.15 bits per heavy atom. The standard InChI is InChI=1S/C15H20BrN3O/c1-3-12-8-13(19(4-2)18-12)10-20-15-11(9-17)6-5-7-14(15)16/h5-8H,3-4,9-10,17H2,1-2H3. The van der Waals surface area contributed by atoms with Gasteiger partial charge in [0.25, 0.3) is 0 Å². The third-order valence-corrected chi connectivity index (χ3v) is 3.83. The van der Waals surface area contributed by atoms with Crippen LogP contribution in [0.25, 0.3) is 0 Å². The second-order valence-corrected chi connectivity index (χ2v) is 5.37. The fourth-order valence-electron chi connectivity index (χ4n) is 2.10. The fraction of sp³-hybridized carbons (Fsp3) is 0.400. The molecule has 5 heteroatoms. The predicted octanol–water partition coefficient (Wildman–Crippen LogP) is 3.27. The average molecular weight is 338 g/mol. The molecule has 4 nitrogen and oxygen atoms in total. The number of para-hydroxylation sites is 1. The fourth-order valence-corrected chi connectivity index (χ4v) is 2.62. The quantitative estimate of drug-likeness (QED) is 0.880. The van der Waals surface area contributed by atoms with Gasteiger partial charge in [-0.15, -0.1) is 0 Å². The minimum Gasteiger partial charge on any atom is -0.486 e. The minimum absolute atomic E-state index is 0.460. The van der Waals surface area contributed by atoms with Crippen LogP contribution in [0.3, 0.4) is 0 Å². The topological polar surface area (TPSA) is 53.1 Å². The number of hydrogen-bond donors (Lipinski definition) is 1. The van der Waals surface area contributed by atoms with Crippen molar-refractivity contribution in [3.63, 3.8) is 0 Å². The van der Waals surface area contributed by atoms with Crippen molar-refractivity contribution in [3.8, 4) is 5.75 Å². The van der Waals surface area contributed by atoms with Crippen molar-refractivity contribution in [2.45, 2.75) is 40.0 Å². The molecule has 0 atom stereocenters. The van der Waals surface area contributed by atoms with E-state index in [4.69, 9.17) is 10.5 Å². The summed E-state index contributed by atoms with van der Waals surface area (Å²) in [4.78, 5) is 0. The van der Waals surface area contributed by atoms with Crippen LogP contribution in [0.2, 0.25) is 0 Å². The summed E-state index contributed by atoms with van der Waals surface area (Å²) in [7, 11) is 0. The second kappa shape index (κ2) is 6.90. The highest BCUT2D eigenvalue weighted by Crippen LogP contribution is 2.29. The van der Waals surface area contributed by atoms with E-state index in [1.807, 2.05) is 22.9 Å². The third kappa shape index (κ3) is 3.22. The van der Waals surface area contributed by atoms with Crippen molar-refractivity contribution in [1.82, 2.24) is 9.78 Å². The van der Waals surface area contributed by atoms with Crippen LogP contribution in [0, 0.1) is 0 Å². The largest absolute Gasteiger partial charge is 0.486 e. The molecule has 0 saturated heterocycles. The van der Waals surface area contributed by atoms with Gasteiger partial charge in [-0.2, -0.15) is 5.10 Å². The van der Waals surface area contributed by atoms with Gasteiger partial charge in [-0.05, 0) is 41.4 Å². The normalized spacial score (nSPS) is 10.8. The van der Waals surface area contributed by atoms with Crippen molar-refractivity contribution in [2.75, 3.05) is 0 Å². The second-order valence-electron chi connectivity index (χ2n) is 4.52. The first-order chi connectivity index (χ1) is 9.69. The lowest BCUT2D eigenvalue weighted by atomic mass is 10.2. The number of rotatable bonds is 6. The highest BCUT2D eigenvalue weighted by molar-refractivity contribution is 9.10. The van der Waals surface area contributed by atoms with Crippen LogP contribution in [-0.4, -0.2) is 9.78 Å². The highest BCUT2D eigenvalue weighted by atomic mass is 79.9. The van der Waals surface area contributed by atoms with E-state index in [2.05, 4.69) is 40.9 Å². The molecule has 0 saturated carbocycles. The van der Waals surface area contributed by atoms with Crippen molar-refractivity contribution >= 4 is 15.9 Å². The maximum absolute atomic E-state index is 5.96.